The molecule has 12 heteroatoms. The molecular formula is C27H20F3N9. The summed E-state index contributed by atoms with van der Waals surface area (Å²) in [6, 6.07) is 7.23. The zero-order valence-corrected chi connectivity index (χ0v) is 20.4. The Kier molecular flexibility index (Phi) is 5.37. The van der Waals surface area contributed by atoms with Crippen LogP contribution >= 0.6 is 0 Å². The fraction of sp³-hybridized carbons (Fsp3) is 0.185. The van der Waals surface area contributed by atoms with Gasteiger partial charge in [0.15, 0.2) is 11.6 Å². The van der Waals surface area contributed by atoms with Crippen LogP contribution in [0.2, 0.25) is 0 Å². The van der Waals surface area contributed by atoms with E-state index in [4.69, 9.17) is 4.98 Å². The van der Waals surface area contributed by atoms with Crippen LogP contribution in [-0.2, 0) is 6.54 Å². The van der Waals surface area contributed by atoms with Crippen LogP contribution in [0.25, 0.3) is 56.0 Å². The average Bonchev–Trinajstić information content (AvgIpc) is 3.65. The molecule has 1 aliphatic heterocycles. The molecule has 1 aliphatic rings. The molecule has 0 spiro atoms. The molecule has 1 saturated heterocycles. The Morgan fingerprint density at radius 1 is 0.923 bits per heavy atom. The second kappa shape index (κ2) is 8.95. The van der Waals surface area contributed by atoms with Gasteiger partial charge in [0.05, 0.1) is 34.9 Å². The number of likely N-dealkylation sites (tertiary alicyclic amines) is 1. The van der Waals surface area contributed by atoms with Crippen LogP contribution in [0.15, 0.2) is 61.4 Å². The molecule has 194 valence electrons. The van der Waals surface area contributed by atoms with Crippen LogP contribution in [-0.4, -0.2) is 64.0 Å². The first-order valence-corrected chi connectivity index (χ1v) is 12.3. The largest absolute Gasteiger partial charge is 0.336 e. The standard InChI is InChI=1S/C27H20F3N9/c28-21-20-19(12-34-22(21)17-8-15(9-32-11-17)13-39-7-4-27(29,30)14-39)37-38-25(20)26-35-18-3-6-33-23(24(18)36-26)16-2-1-5-31-10-16/h1-3,5-6,8-12H,4,7,13-14H2,(H,35,36)(H,37,38). The zero-order chi connectivity index (χ0) is 26.6. The molecule has 0 atom stereocenters. The van der Waals surface area contributed by atoms with E-state index >= 15 is 4.39 Å². The maximum atomic E-state index is 16.1. The van der Waals surface area contributed by atoms with Crippen LogP contribution in [0, 0.1) is 5.82 Å². The lowest BCUT2D eigenvalue weighted by atomic mass is 10.1. The minimum absolute atomic E-state index is 0.0834. The third kappa shape index (κ3) is 4.18. The normalized spacial score (nSPS) is 15.5. The lowest BCUT2D eigenvalue weighted by molar-refractivity contribution is 0.0115. The quantitative estimate of drug-likeness (QED) is 0.325. The summed E-state index contributed by atoms with van der Waals surface area (Å²) < 4.78 is 43.3. The third-order valence-electron chi connectivity index (χ3n) is 6.83. The van der Waals surface area contributed by atoms with Crippen molar-refractivity contribution < 1.29 is 13.2 Å². The van der Waals surface area contributed by atoms with Crippen molar-refractivity contribution in [3.8, 4) is 34.0 Å². The molecule has 0 saturated carbocycles. The fourth-order valence-corrected chi connectivity index (χ4v) is 5.01. The first kappa shape index (κ1) is 23.4. The summed E-state index contributed by atoms with van der Waals surface area (Å²) in [6.07, 6.45) is 9.49. The van der Waals surface area contributed by atoms with E-state index in [1.165, 1.54) is 12.4 Å². The number of hydrogen-bond donors (Lipinski definition) is 2. The topological polar surface area (TPSA) is 112 Å². The van der Waals surface area contributed by atoms with Crippen LogP contribution in [0.5, 0.6) is 0 Å². The van der Waals surface area contributed by atoms with Crippen molar-refractivity contribution in [2.24, 2.45) is 0 Å². The van der Waals surface area contributed by atoms with Gasteiger partial charge in [0.2, 0.25) is 0 Å². The molecule has 7 heterocycles. The van der Waals surface area contributed by atoms with Crippen LogP contribution in [0.4, 0.5) is 13.2 Å². The van der Waals surface area contributed by atoms with E-state index in [1.54, 1.807) is 41.8 Å². The predicted molar refractivity (Wildman–Crippen MR) is 138 cm³/mol. The van der Waals surface area contributed by atoms with E-state index in [9.17, 15) is 8.78 Å². The van der Waals surface area contributed by atoms with Crippen molar-refractivity contribution in [1.29, 1.82) is 0 Å². The molecule has 1 fully saturated rings. The number of halogens is 3. The fourth-order valence-electron chi connectivity index (χ4n) is 5.01. The summed E-state index contributed by atoms with van der Waals surface area (Å²) in [7, 11) is 0. The second-order valence-corrected chi connectivity index (χ2v) is 9.56. The van der Waals surface area contributed by atoms with Crippen molar-refractivity contribution in [3.05, 3.63) is 72.8 Å². The number of aromatic nitrogens is 8. The third-order valence-corrected chi connectivity index (χ3v) is 6.83. The van der Waals surface area contributed by atoms with Gasteiger partial charge in [0.1, 0.15) is 16.9 Å². The number of alkyl halides is 2. The van der Waals surface area contributed by atoms with Gasteiger partial charge in [-0.25, -0.2) is 18.2 Å². The summed E-state index contributed by atoms with van der Waals surface area (Å²) in [5.74, 6) is -2.91. The number of nitrogens with zero attached hydrogens (tertiary/aromatic N) is 7. The van der Waals surface area contributed by atoms with Gasteiger partial charge in [-0.3, -0.25) is 29.9 Å². The van der Waals surface area contributed by atoms with Crippen LogP contribution in [0.3, 0.4) is 0 Å². The highest BCUT2D eigenvalue weighted by molar-refractivity contribution is 5.97. The van der Waals surface area contributed by atoms with Crippen molar-refractivity contribution in [3.63, 3.8) is 0 Å². The SMILES string of the molecule is Fc1c(-c2cncc(CN3CCC(F)(F)C3)c2)ncc2[nH]nc(-c3nc4c(-c5cccnc5)nccc4[nH]3)c12. The summed E-state index contributed by atoms with van der Waals surface area (Å²) in [4.78, 5) is 26.8. The van der Waals surface area contributed by atoms with Gasteiger partial charge < -0.3 is 4.98 Å². The molecule has 0 amide bonds. The second-order valence-electron chi connectivity index (χ2n) is 9.56. The number of rotatable bonds is 5. The van der Waals surface area contributed by atoms with Gasteiger partial charge in [-0.1, -0.05) is 0 Å². The van der Waals surface area contributed by atoms with Gasteiger partial charge in [0.25, 0.3) is 5.92 Å². The molecule has 6 aromatic heterocycles. The Morgan fingerprint density at radius 3 is 2.64 bits per heavy atom. The molecule has 6 aromatic rings. The number of fused-ring (bicyclic) bond motifs is 2. The molecule has 0 bridgehead atoms. The minimum atomic E-state index is -2.69. The number of aromatic amines is 2. The van der Waals surface area contributed by atoms with Gasteiger partial charge in [0, 0.05) is 61.6 Å². The molecule has 7 rings (SSSR count). The lowest BCUT2D eigenvalue weighted by Gasteiger charge is -2.15. The van der Waals surface area contributed by atoms with E-state index in [-0.39, 0.29) is 24.0 Å². The van der Waals surface area contributed by atoms with Crippen molar-refractivity contribution in [2.75, 3.05) is 13.1 Å². The maximum absolute atomic E-state index is 16.1. The van der Waals surface area contributed by atoms with Gasteiger partial charge in [-0.05, 0) is 29.8 Å². The molecule has 39 heavy (non-hydrogen) atoms. The van der Waals surface area contributed by atoms with Crippen molar-refractivity contribution in [1.82, 2.24) is 45.0 Å². The average molecular weight is 528 g/mol. The van der Waals surface area contributed by atoms with E-state index in [1.807, 2.05) is 12.1 Å². The number of hydrogen-bond acceptors (Lipinski definition) is 7. The summed E-state index contributed by atoms with van der Waals surface area (Å²) in [5, 5.41) is 7.39. The Balaban J connectivity index is 1.28. The molecule has 0 aromatic carbocycles. The number of pyridine rings is 4. The maximum Gasteiger partial charge on any atom is 0.261 e. The summed E-state index contributed by atoms with van der Waals surface area (Å²) in [6.45, 7) is 0.289. The minimum Gasteiger partial charge on any atom is -0.336 e. The smallest absolute Gasteiger partial charge is 0.261 e. The first-order valence-electron chi connectivity index (χ1n) is 12.3. The Hall–Kier alpha value is -4.71. The Labute approximate surface area is 219 Å². The molecule has 2 N–H and O–H groups in total. The van der Waals surface area contributed by atoms with Crippen LogP contribution in [0.1, 0.15) is 12.0 Å². The van der Waals surface area contributed by atoms with Gasteiger partial charge in [-0.15, -0.1) is 0 Å². The van der Waals surface area contributed by atoms with E-state index in [0.29, 0.717) is 58.0 Å². The highest BCUT2D eigenvalue weighted by Crippen LogP contribution is 2.34. The Morgan fingerprint density at radius 2 is 1.82 bits per heavy atom. The lowest BCUT2D eigenvalue weighted by Crippen LogP contribution is -2.24. The van der Waals surface area contributed by atoms with Gasteiger partial charge >= 0.3 is 0 Å². The van der Waals surface area contributed by atoms with E-state index < -0.39 is 11.7 Å². The van der Waals surface area contributed by atoms with Crippen molar-refractivity contribution >= 4 is 21.9 Å². The monoisotopic (exact) mass is 527 g/mol. The van der Waals surface area contributed by atoms with Crippen LogP contribution < -0.4 is 0 Å². The zero-order valence-electron chi connectivity index (χ0n) is 20.4. The van der Waals surface area contributed by atoms with Gasteiger partial charge in [-0.2, -0.15) is 5.10 Å². The molecule has 0 radical (unpaired) electrons. The predicted octanol–water partition coefficient (Wildman–Crippen LogP) is 5.00. The summed E-state index contributed by atoms with van der Waals surface area (Å²) in [5.41, 5.74) is 4.69. The molecular weight excluding hydrogens is 507 g/mol. The number of H-pyrrole nitrogens is 2. The Bertz CT molecular complexity index is 1830. The number of nitrogens with one attached hydrogen (secondary N) is 2. The highest BCUT2D eigenvalue weighted by atomic mass is 19.3. The van der Waals surface area contributed by atoms with E-state index in [2.05, 4.69) is 35.1 Å². The molecule has 0 unspecified atom stereocenters. The molecule has 9 nitrogen and oxygen atoms in total. The van der Waals surface area contributed by atoms with E-state index in [0.717, 1.165) is 5.56 Å². The summed E-state index contributed by atoms with van der Waals surface area (Å²) >= 11 is 0. The van der Waals surface area contributed by atoms with Crippen molar-refractivity contribution in [2.45, 2.75) is 18.9 Å². The molecule has 0 aliphatic carbocycles. The highest BCUT2D eigenvalue weighted by Gasteiger charge is 2.38. The first-order chi connectivity index (χ1) is 18.9. The number of imidazole rings is 1.